The molecule has 0 atom stereocenters. The normalized spacial score (nSPS) is 28.1. The maximum Gasteiger partial charge on any atom is 0.168 e. The van der Waals surface area contributed by atoms with E-state index in [1.807, 2.05) is 30.3 Å². The van der Waals surface area contributed by atoms with Gasteiger partial charge in [0.25, 0.3) is 0 Å². The van der Waals surface area contributed by atoms with Gasteiger partial charge in [0.1, 0.15) is 0 Å². The van der Waals surface area contributed by atoms with Gasteiger partial charge in [-0.1, -0.05) is 58.0 Å². The largest absolute Gasteiger partial charge is 0.294 e. The second kappa shape index (κ2) is 5.11. The van der Waals surface area contributed by atoms with E-state index in [4.69, 9.17) is 0 Å². The summed E-state index contributed by atoms with van der Waals surface area (Å²) in [6, 6.07) is 9.78. The molecule has 0 aromatic heterocycles. The minimum absolute atomic E-state index is 0.150. The molecular weight excluding hydrogens is 232 g/mol. The summed E-state index contributed by atoms with van der Waals surface area (Å²) < 4.78 is 0. The van der Waals surface area contributed by atoms with E-state index in [1.165, 1.54) is 12.8 Å². The lowest BCUT2D eigenvalue weighted by atomic mass is 9.63. The molecule has 104 valence electrons. The number of rotatable bonds is 2. The molecule has 0 unspecified atom stereocenters. The summed E-state index contributed by atoms with van der Waals surface area (Å²) in [4.78, 5) is 12.7. The fourth-order valence-corrected chi connectivity index (χ4v) is 3.29. The van der Waals surface area contributed by atoms with Gasteiger partial charge in [0.05, 0.1) is 0 Å². The van der Waals surface area contributed by atoms with Crippen LogP contribution < -0.4 is 0 Å². The molecule has 19 heavy (non-hydrogen) atoms. The minimum Gasteiger partial charge on any atom is -0.294 e. The predicted molar refractivity (Wildman–Crippen MR) is 80.3 cm³/mol. The number of ketones is 1. The second-order valence-electron chi connectivity index (χ2n) is 7.40. The van der Waals surface area contributed by atoms with Gasteiger partial charge in [0, 0.05) is 11.0 Å². The average molecular weight is 258 g/mol. The molecule has 0 bridgehead atoms. The van der Waals surface area contributed by atoms with Crippen molar-refractivity contribution in [1.29, 1.82) is 0 Å². The monoisotopic (exact) mass is 258 g/mol. The van der Waals surface area contributed by atoms with Crippen molar-refractivity contribution in [2.75, 3.05) is 0 Å². The first-order valence-electron chi connectivity index (χ1n) is 7.43. The quantitative estimate of drug-likeness (QED) is 0.673. The number of benzene rings is 1. The molecule has 0 saturated heterocycles. The molecular formula is C18H26O. The third-order valence-electron chi connectivity index (χ3n) is 4.90. The molecule has 1 fully saturated rings. The molecule has 2 rings (SSSR count). The lowest BCUT2D eigenvalue weighted by Crippen LogP contribution is -2.36. The molecule has 1 aliphatic carbocycles. The molecule has 1 heteroatoms. The van der Waals surface area contributed by atoms with E-state index < -0.39 is 0 Å². The van der Waals surface area contributed by atoms with Crippen LogP contribution in [0.3, 0.4) is 0 Å². The van der Waals surface area contributed by atoms with E-state index in [1.54, 1.807) is 0 Å². The van der Waals surface area contributed by atoms with Gasteiger partial charge in [-0.25, -0.2) is 0 Å². The van der Waals surface area contributed by atoms with Crippen molar-refractivity contribution in [3.05, 3.63) is 35.9 Å². The molecule has 0 amide bonds. The molecule has 1 aromatic carbocycles. The van der Waals surface area contributed by atoms with E-state index in [2.05, 4.69) is 27.7 Å². The third kappa shape index (κ3) is 3.08. The van der Waals surface area contributed by atoms with Crippen LogP contribution in [0.15, 0.2) is 30.3 Å². The van der Waals surface area contributed by atoms with Crippen molar-refractivity contribution in [2.24, 2.45) is 16.7 Å². The Morgan fingerprint density at radius 1 is 1.11 bits per heavy atom. The Bertz CT molecular complexity index is 431. The predicted octanol–water partition coefficient (Wildman–Crippen LogP) is 5.11. The van der Waals surface area contributed by atoms with Crippen LogP contribution in [-0.2, 0) is 0 Å². The van der Waals surface area contributed by atoms with Crippen LogP contribution >= 0.6 is 0 Å². The third-order valence-corrected chi connectivity index (χ3v) is 4.90. The molecule has 1 aromatic rings. The first-order chi connectivity index (χ1) is 8.83. The van der Waals surface area contributed by atoms with Gasteiger partial charge in [-0.05, 0) is 37.0 Å². The number of carbonyl (C=O) groups is 1. The van der Waals surface area contributed by atoms with Crippen LogP contribution in [0.4, 0.5) is 0 Å². The van der Waals surface area contributed by atoms with E-state index >= 15 is 0 Å². The first-order valence-corrected chi connectivity index (χ1v) is 7.43. The molecule has 0 heterocycles. The van der Waals surface area contributed by atoms with Gasteiger partial charge in [0.15, 0.2) is 5.78 Å². The van der Waals surface area contributed by atoms with Crippen molar-refractivity contribution in [3.8, 4) is 0 Å². The Balaban J connectivity index is 2.08. The van der Waals surface area contributed by atoms with E-state index in [-0.39, 0.29) is 5.41 Å². The first kappa shape index (κ1) is 14.3. The second-order valence-corrected chi connectivity index (χ2v) is 7.40. The van der Waals surface area contributed by atoms with Gasteiger partial charge in [-0.3, -0.25) is 4.79 Å². The lowest BCUT2D eigenvalue weighted by Gasteiger charge is -2.41. The van der Waals surface area contributed by atoms with Gasteiger partial charge in [0.2, 0.25) is 0 Å². The average Bonchev–Trinajstić information content (AvgIpc) is 2.38. The summed E-state index contributed by atoms with van der Waals surface area (Å²) in [5, 5.41) is 0. The zero-order chi connectivity index (χ0) is 14.1. The Labute approximate surface area is 117 Å². The zero-order valence-corrected chi connectivity index (χ0v) is 12.7. The van der Waals surface area contributed by atoms with Crippen LogP contribution in [0.1, 0.15) is 63.7 Å². The van der Waals surface area contributed by atoms with Crippen LogP contribution in [0.25, 0.3) is 0 Å². The fraction of sp³-hybridized carbons (Fsp3) is 0.611. The molecule has 0 spiro atoms. The van der Waals surface area contributed by atoms with Gasteiger partial charge in [-0.15, -0.1) is 0 Å². The minimum atomic E-state index is -0.150. The van der Waals surface area contributed by atoms with E-state index in [0.717, 1.165) is 24.3 Å². The van der Waals surface area contributed by atoms with Crippen LogP contribution in [0, 0.1) is 16.7 Å². The van der Waals surface area contributed by atoms with Crippen LogP contribution in [0.2, 0.25) is 0 Å². The number of Topliss-reactive ketones (excluding diaryl/α,β-unsaturated/α-hetero) is 1. The molecule has 1 nitrogen and oxygen atoms in total. The zero-order valence-electron chi connectivity index (χ0n) is 12.7. The SMILES string of the molecule is CC1(C(=O)c2ccccc2)CCC(C(C)(C)C)CC1. The fourth-order valence-electron chi connectivity index (χ4n) is 3.29. The van der Waals surface area contributed by atoms with Gasteiger partial charge < -0.3 is 0 Å². The van der Waals surface area contributed by atoms with E-state index in [9.17, 15) is 4.79 Å². The summed E-state index contributed by atoms with van der Waals surface area (Å²) in [6.07, 6.45) is 4.42. The molecule has 0 aliphatic heterocycles. The molecule has 0 N–H and O–H groups in total. The van der Waals surface area contributed by atoms with Crippen molar-refractivity contribution in [1.82, 2.24) is 0 Å². The lowest BCUT2D eigenvalue weighted by molar-refractivity contribution is 0.0610. The maximum atomic E-state index is 12.7. The standard InChI is InChI=1S/C18H26O/c1-17(2,3)15-10-12-18(4,13-11-15)16(19)14-8-6-5-7-9-14/h5-9,15H,10-13H2,1-4H3. The highest BCUT2D eigenvalue weighted by Crippen LogP contribution is 2.46. The Morgan fingerprint density at radius 3 is 2.11 bits per heavy atom. The van der Waals surface area contributed by atoms with Crippen molar-refractivity contribution in [3.63, 3.8) is 0 Å². The summed E-state index contributed by atoms with van der Waals surface area (Å²) in [7, 11) is 0. The maximum absolute atomic E-state index is 12.7. The summed E-state index contributed by atoms with van der Waals surface area (Å²) >= 11 is 0. The van der Waals surface area contributed by atoms with Gasteiger partial charge >= 0.3 is 0 Å². The molecule has 1 aliphatic rings. The number of carbonyl (C=O) groups excluding carboxylic acids is 1. The van der Waals surface area contributed by atoms with Crippen molar-refractivity contribution >= 4 is 5.78 Å². The van der Waals surface area contributed by atoms with Crippen molar-refractivity contribution < 1.29 is 4.79 Å². The highest BCUT2D eigenvalue weighted by Gasteiger charge is 2.40. The highest BCUT2D eigenvalue weighted by atomic mass is 16.1. The Hall–Kier alpha value is -1.11. The van der Waals surface area contributed by atoms with E-state index in [0.29, 0.717) is 11.2 Å². The number of hydrogen-bond donors (Lipinski definition) is 0. The topological polar surface area (TPSA) is 17.1 Å². The molecule has 0 radical (unpaired) electrons. The summed E-state index contributed by atoms with van der Waals surface area (Å²) in [5.74, 6) is 1.09. The molecule has 1 saturated carbocycles. The van der Waals surface area contributed by atoms with Crippen molar-refractivity contribution in [2.45, 2.75) is 53.4 Å². The van der Waals surface area contributed by atoms with Crippen LogP contribution in [0.5, 0.6) is 0 Å². The summed E-state index contributed by atoms with van der Waals surface area (Å²) in [6.45, 7) is 9.11. The Morgan fingerprint density at radius 2 is 1.63 bits per heavy atom. The van der Waals surface area contributed by atoms with Gasteiger partial charge in [-0.2, -0.15) is 0 Å². The summed E-state index contributed by atoms with van der Waals surface area (Å²) in [5.41, 5.74) is 1.10. The highest BCUT2D eigenvalue weighted by molar-refractivity contribution is 6.00. The smallest absolute Gasteiger partial charge is 0.168 e. The number of hydrogen-bond acceptors (Lipinski definition) is 1. The van der Waals surface area contributed by atoms with Crippen LogP contribution in [-0.4, -0.2) is 5.78 Å². The Kier molecular flexibility index (Phi) is 3.85.